The van der Waals surface area contributed by atoms with Crippen LogP contribution in [0.15, 0.2) is 15.7 Å². The van der Waals surface area contributed by atoms with Crippen LogP contribution in [0.3, 0.4) is 0 Å². The molecule has 0 radical (unpaired) electrons. The molecule has 0 heterocycles. The van der Waals surface area contributed by atoms with Crippen molar-refractivity contribution in [1.82, 2.24) is 0 Å². The molecule has 0 bridgehead atoms. The van der Waals surface area contributed by atoms with E-state index in [-0.39, 0.29) is 154 Å². The Labute approximate surface area is 175 Å². The summed E-state index contributed by atoms with van der Waals surface area (Å²) >= 11 is 0. The molecule has 8 heteroatoms. The molecule has 0 aromatic carbocycles. The summed E-state index contributed by atoms with van der Waals surface area (Å²) in [4.78, 5) is 0. The van der Waals surface area contributed by atoms with Crippen LogP contribution in [0.25, 0.3) is 11.4 Å². The number of hydrogen-bond acceptors (Lipinski definition) is 1. The van der Waals surface area contributed by atoms with Crippen LogP contribution in [0, 0.1) is 0 Å². The first kappa shape index (κ1) is 22.7. The maximum atomic E-state index is 7.31. The SMILES string of the molecule is [K+].[K+].[K+].[N-]=N/N=N/[NH-]. The van der Waals surface area contributed by atoms with Gasteiger partial charge in [-0.1, -0.05) is 0 Å². The van der Waals surface area contributed by atoms with Crippen molar-refractivity contribution in [2.75, 3.05) is 0 Å². The van der Waals surface area contributed by atoms with Gasteiger partial charge in [0.05, 0.1) is 0 Å². The fourth-order valence-electron chi connectivity index (χ4n) is 0.0200. The van der Waals surface area contributed by atoms with Gasteiger partial charge in [0.25, 0.3) is 0 Å². The van der Waals surface area contributed by atoms with Crippen molar-refractivity contribution in [2.24, 2.45) is 15.7 Å². The summed E-state index contributed by atoms with van der Waals surface area (Å²) in [5.74, 6) is 5.81. The molecule has 5 nitrogen and oxygen atoms in total. The summed E-state index contributed by atoms with van der Waals surface area (Å²) in [6.07, 6.45) is 0. The van der Waals surface area contributed by atoms with E-state index in [4.69, 9.17) is 11.4 Å². The first-order chi connectivity index (χ1) is 2.41. The largest absolute Gasteiger partial charge is 1.00 e. The third kappa shape index (κ3) is 22.5. The molecule has 0 saturated carbocycles. The zero-order chi connectivity index (χ0) is 4.12. The van der Waals surface area contributed by atoms with E-state index in [1.165, 1.54) is 0 Å². The fraction of sp³-hybridized carbons (Fsp3) is 0. The van der Waals surface area contributed by atoms with Crippen LogP contribution in [0.2, 0.25) is 0 Å². The van der Waals surface area contributed by atoms with E-state index in [0.29, 0.717) is 0 Å². The second kappa shape index (κ2) is 22.4. The van der Waals surface area contributed by atoms with E-state index in [1.54, 1.807) is 0 Å². The van der Waals surface area contributed by atoms with Gasteiger partial charge in [-0.2, -0.15) is 0 Å². The van der Waals surface area contributed by atoms with Crippen molar-refractivity contribution in [3.05, 3.63) is 11.4 Å². The molecule has 0 aromatic rings. The molecule has 0 aromatic heterocycles. The Kier molecular flexibility index (Phi) is 63.6. The Morgan fingerprint density at radius 2 is 1.50 bits per heavy atom. The van der Waals surface area contributed by atoms with Gasteiger partial charge in [-0.3, -0.25) is 15.7 Å². The molecule has 0 fully saturated rings. The summed E-state index contributed by atoms with van der Waals surface area (Å²) in [5.41, 5.74) is 7.31. The van der Waals surface area contributed by atoms with E-state index in [0.717, 1.165) is 0 Å². The van der Waals surface area contributed by atoms with Gasteiger partial charge in [0.15, 0.2) is 0 Å². The average molecular weight is 188 g/mol. The Morgan fingerprint density at radius 3 is 1.50 bits per heavy atom. The molecule has 0 aliphatic rings. The maximum absolute atomic E-state index is 7.31. The molecule has 0 spiro atoms. The van der Waals surface area contributed by atoms with E-state index >= 15 is 0 Å². The normalized spacial score (nSPS) is 5.50. The van der Waals surface area contributed by atoms with Crippen molar-refractivity contribution >= 4 is 0 Å². The zero-order valence-electron chi connectivity index (χ0n) is 5.29. The fourth-order valence-corrected chi connectivity index (χ4v) is 0.0200. The van der Waals surface area contributed by atoms with E-state index < -0.39 is 0 Å². The maximum Gasteiger partial charge on any atom is 1.00 e. The smallest absolute Gasteiger partial charge is 0.397 e. The van der Waals surface area contributed by atoms with Gasteiger partial charge in [0, 0.05) is 0 Å². The van der Waals surface area contributed by atoms with Crippen LogP contribution in [0.1, 0.15) is 0 Å². The van der Waals surface area contributed by atoms with E-state index in [9.17, 15) is 0 Å². The minimum Gasteiger partial charge on any atom is -0.397 e. The van der Waals surface area contributed by atoms with Crippen LogP contribution < -0.4 is 154 Å². The second-order valence-electron chi connectivity index (χ2n) is 0.279. The van der Waals surface area contributed by atoms with Crippen LogP contribution in [-0.4, -0.2) is 0 Å². The number of nitrogens with zero attached hydrogens (tertiary/aromatic N) is 4. The summed E-state index contributed by atoms with van der Waals surface area (Å²) < 4.78 is 0. The Bertz CT molecular complexity index is 49.6. The van der Waals surface area contributed by atoms with Crippen LogP contribution >= 0.6 is 0 Å². The van der Waals surface area contributed by atoms with Gasteiger partial charge in [-0.25, -0.2) is 0 Å². The molecule has 0 amide bonds. The standard InChI is InChI=1S/3K.HN5/c;;;1-3-5-4-2/h;;;(H-2,1,2,5)/q3*+1;-2. The third-order valence-corrected chi connectivity index (χ3v) is 0.0847. The topological polar surface area (TPSA) is 83.2 Å². The molecule has 8 heavy (non-hydrogen) atoms. The van der Waals surface area contributed by atoms with E-state index in [2.05, 4.69) is 15.7 Å². The Hall–Kier alpha value is 3.91. The van der Waals surface area contributed by atoms with Crippen molar-refractivity contribution in [3.8, 4) is 0 Å². The monoisotopic (exact) mass is 188 g/mol. The summed E-state index contributed by atoms with van der Waals surface area (Å²) in [6.45, 7) is 0. The first-order valence-electron chi connectivity index (χ1n) is 0.824. The number of hydrogen-bond donors (Lipinski definition) is 0. The summed E-state index contributed by atoms with van der Waals surface area (Å²) in [7, 11) is 0. The molecule has 0 rings (SSSR count). The molecular formula is HK3N5+. The minimum atomic E-state index is 0. The van der Waals surface area contributed by atoms with Crippen molar-refractivity contribution in [3.63, 3.8) is 0 Å². The predicted molar refractivity (Wildman–Crippen MR) is 15.0 cm³/mol. The third-order valence-electron chi connectivity index (χ3n) is 0.0847. The average Bonchev–Trinajstić information content (AvgIpc) is 1.41. The van der Waals surface area contributed by atoms with E-state index in [1.807, 2.05) is 0 Å². The van der Waals surface area contributed by atoms with Gasteiger partial charge in [-0.05, 0) is 0 Å². The molecule has 28 valence electrons. The molecule has 0 saturated heterocycles. The van der Waals surface area contributed by atoms with Crippen LogP contribution in [-0.2, 0) is 0 Å². The van der Waals surface area contributed by atoms with Crippen molar-refractivity contribution in [1.29, 1.82) is 0 Å². The zero-order valence-corrected chi connectivity index (χ0v) is 14.7. The van der Waals surface area contributed by atoms with Crippen LogP contribution in [0.4, 0.5) is 0 Å². The Morgan fingerprint density at radius 1 is 1.12 bits per heavy atom. The van der Waals surface area contributed by atoms with Crippen molar-refractivity contribution < 1.29 is 154 Å². The summed E-state index contributed by atoms with van der Waals surface area (Å²) in [5, 5.41) is 6.88. The second-order valence-corrected chi connectivity index (χ2v) is 0.279. The number of rotatable bonds is 1. The van der Waals surface area contributed by atoms with Crippen molar-refractivity contribution in [2.45, 2.75) is 0 Å². The van der Waals surface area contributed by atoms with Gasteiger partial charge in [-0.15, -0.1) is 0 Å². The molecule has 0 aliphatic carbocycles. The Balaban J connectivity index is -0.0000000267. The molecular weight excluding hydrogens is 187 g/mol. The van der Waals surface area contributed by atoms with Gasteiger partial charge >= 0.3 is 154 Å². The van der Waals surface area contributed by atoms with Crippen LogP contribution in [0.5, 0.6) is 0 Å². The minimum absolute atomic E-state index is 0. The van der Waals surface area contributed by atoms with Gasteiger partial charge < -0.3 is 11.4 Å². The molecule has 1 N–H and O–H groups in total. The molecule has 0 aliphatic heterocycles. The van der Waals surface area contributed by atoms with Gasteiger partial charge in [0.1, 0.15) is 0 Å². The molecule has 0 unspecified atom stereocenters. The summed E-state index contributed by atoms with van der Waals surface area (Å²) in [6, 6.07) is 0. The predicted octanol–water partition coefficient (Wildman–Crippen LogP) is -7.65. The number of nitrogens with one attached hydrogen (secondary N) is 1. The first-order valence-corrected chi connectivity index (χ1v) is 0.824. The quantitative estimate of drug-likeness (QED) is 0.222. The van der Waals surface area contributed by atoms with Gasteiger partial charge in [0.2, 0.25) is 0 Å². The molecule has 0 atom stereocenters.